The molecule has 5 heteroatoms. The Labute approximate surface area is 158 Å². The minimum absolute atomic E-state index is 0.252. The number of hydrazone groups is 1. The molecule has 27 heavy (non-hydrogen) atoms. The molecule has 0 atom stereocenters. The zero-order valence-corrected chi connectivity index (χ0v) is 15.1. The third kappa shape index (κ3) is 5.57. The molecule has 0 radical (unpaired) electrons. The first kappa shape index (κ1) is 18.5. The quantitative estimate of drug-likeness (QED) is 0.471. The van der Waals surface area contributed by atoms with Crippen molar-refractivity contribution in [3.8, 4) is 11.5 Å². The van der Waals surface area contributed by atoms with E-state index in [1.54, 1.807) is 25.5 Å². The topological polar surface area (TPSA) is 42.8 Å². The second-order valence-corrected chi connectivity index (χ2v) is 5.89. The highest BCUT2D eigenvalue weighted by Crippen LogP contribution is 2.17. The summed E-state index contributed by atoms with van der Waals surface area (Å²) in [5.41, 5.74) is 5.88. The van der Waals surface area contributed by atoms with Gasteiger partial charge in [0.15, 0.2) is 0 Å². The van der Waals surface area contributed by atoms with E-state index in [-0.39, 0.29) is 5.82 Å². The molecule has 0 unspecified atom stereocenters. The number of nitrogens with zero attached hydrogens (tertiary/aromatic N) is 1. The molecule has 0 fully saturated rings. The van der Waals surface area contributed by atoms with E-state index in [0.717, 1.165) is 28.2 Å². The maximum absolute atomic E-state index is 12.9. The molecule has 0 heterocycles. The number of halogens is 1. The summed E-state index contributed by atoms with van der Waals surface area (Å²) in [5, 5.41) is 4.25. The number of benzene rings is 3. The summed E-state index contributed by atoms with van der Waals surface area (Å²) in [6, 6.07) is 21.7. The van der Waals surface area contributed by atoms with Crippen molar-refractivity contribution in [2.24, 2.45) is 5.10 Å². The molecule has 138 valence electrons. The van der Waals surface area contributed by atoms with Gasteiger partial charge in [-0.3, -0.25) is 0 Å². The maximum atomic E-state index is 12.9. The lowest BCUT2D eigenvalue weighted by Gasteiger charge is -2.08. The van der Waals surface area contributed by atoms with Crippen molar-refractivity contribution >= 4 is 6.21 Å². The van der Waals surface area contributed by atoms with E-state index in [1.807, 2.05) is 48.5 Å². The van der Waals surface area contributed by atoms with Crippen LogP contribution in [0.4, 0.5) is 4.39 Å². The molecule has 3 rings (SSSR count). The van der Waals surface area contributed by atoms with Gasteiger partial charge in [-0.1, -0.05) is 42.5 Å². The summed E-state index contributed by atoms with van der Waals surface area (Å²) in [6.07, 6.45) is 1.74. The maximum Gasteiger partial charge on any atom is 0.123 e. The van der Waals surface area contributed by atoms with Crippen LogP contribution in [0.15, 0.2) is 77.9 Å². The monoisotopic (exact) mass is 364 g/mol. The first-order chi connectivity index (χ1) is 13.2. The summed E-state index contributed by atoms with van der Waals surface area (Å²) >= 11 is 0. The van der Waals surface area contributed by atoms with E-state index in [9.17, 15) is 4.39 Å². The van der Waals surface area contributed by atoms with E-state index in [0.29, 0.717) is 13.2 Å². The van der Waals surface area contributed by atoms with Gasteiger partial charge in [-0.05, 0) is 41.5 Å². The smallest absolute Gasteiger partial charge is 0.123 e. The molecule has 0 aromatic heterocycles. The second-order valence-electron chi connectivity index (χ2n) is 5.89. The van der Waals surface area contributed by atoms with Gasteiger partial charge in [0.1, 0.15) is 23.9 Å². The Morgan fingerprint density at radius 3 is 2.63 bits per heavy atom. The van der Waals surface area contributed by atoms with Gasteiger partial charge in [-0.25, -0.2) is 4.39 Å². The van der Waals surface area contributed by atoms with Gasteiger partial charge in [0.2, 0.25) is 0 Å². The molecule has 0 spiro atoms. The van der Waals surface area contributed by atoms with E-state index < -0.39 is 0 Å². The molecule has 0 bridgehead atoms. The van der Waals surface area contributed by atoms with Crippen molar-refractivity contribution in [1.82, 2.24) is 5.43 Å². The van der Waals surface area contributed by atoms with Crippen LogP contribution in [0.25, 0.3) is 0 Å². The Bertz CT molecular complexity index is 895. The molecule has 0 saturated heterocycles. The van der Waals surface area contributed by atoms with Crippen molar-refractivity contribution < 1.29 is 13.9 Å². The Hall–Kier alpha value is -3.34. The van der Waals surface area contributed by atoms with E-state index >= 15 is 0 Å². The Morgan fingerprint density at radius 2 is 1.81 bits per heavy atom. The van der Waals surface area contributed by atoms with Crippen LogP contribution in [-0.2, 0) is 13.2 Å². The van der Waals surface area contributed by atoms with Crippen molar-refractivity contribution in [2.45, 2.75) is 13.2 Å². The van der Waals surface area contributed by atoms with Crippen molar-refractivity contribution in [2.75, 3.05) is 7.11 Å². The third-order valence-corrected chi connectivity index (χ3v) is 3.94. The number of hydrogen-bond acceptors (Lipinski definition) is 4. The summed E-state index contributed by atoms with van der Waals surface area (Å²) in [6.45, 7) is 0.953. The predicted octanol–water partition coefficient (Wildman–Crippen LogP) is 4.54. The van der Waals surface area contributed by atoms with Crippen LogP contribution in [-0.4, -0.2) is 13.3 Å². The molecule has 4 nitrogen and oxygen atoms in total. The fraction of sp³-hybridized carbons (Fsp3) is 0.136. The predicted molar refractivity (Wildman–Crippen MR) is 105 cm³/mol. The minimum Gasteiger partial charge on any atom is -0.496 e. The van der Waals surface area contributed by atoms with Gasteiger partial charge in [-0.2, -0.15) is 5.10 Å². The Morgan fingerprint density at radius 1 is 1.00 bits per heavy atom. The Balaban J connectivity index is 1.53. The highest BCUT2D eigenvalue weighted by molar-refractivity contribution is 5.79. The molecule has 0 saturated carbocycles. The third-order valence-electron chi connectivity index (χ3n) is 3.94. The number of para-hydroxylation sites is 1. The lowest BCUT2D eigenvalue weighted by Crippen LogP contribution is -2.06. The molecular weight excluding hydrogens is 343 g/mol. The molecule has 1 N–H and O–H groups in total. The van der Waals surface area contributed by atoms with Crippen molar-refractivity contribution in [3.05, 3.63) is 95.3 Å². The fourth-order valence-corrected chi connectivity index (χ4v) is 2.53. The highest BCUT2D eigenvalue weighted by Gasteiger charge is 2.00. The van der Waals surface area contributed by atoms with Gasteiger partial charge in [-0.15, -0.1) is 0 Å². The van der Waals surface area contributed by atoms with Gasteiger partial charge in [0.25, 0.3) is 0 Å². The van der Waals surface area contributed by atoms with Crippen LogP contribution < -0.4 is 14.9 Å². The Kier molecular flexibility index (Phi) is 6.41. The van der Waals surface area contributed by atoms with E-state index in [4.69, 9.17) is 9.47 Å². The molecular formula is C22H21FN2O2. The molecule has 0 aliphatic heterocycles. The number of rotatable bonds is 8. The molecule has 3 aromatic carbocycles. The zero-order valence-electron chi connectivity index (χ0n) is 15.1. The largest absolute Gasteiger partial charge is 0.496 e. The van der Waals surface area contributed by atoms with Crippen LogP contribution in [0, 0.1) is 5.82 Å². The molecule has 0 aliphatic carbocycles. The average Bonchev–Trinajstić information content (AvgIpc) is 2.71. The number of hydrogen-bond donors (Lipinski definition) is 1. The number of nitrogens with one attached hydrogen (secondary N) is 1. The minimum atomic E-state index is -0.252. The molecule has 3 aromatic rings. The lowest BCUT2D eigenvalue weighted by molar-refractivity contribution is 0.306. The summed E-state index contributed by atoms with van der Waals surface area (Å²) in [5.74, 6) is 1.31. The first-order valence-electron chi connectivity index (χ1n) is 8.60. The van der Waals surface area contributed by atoms with Crippen LogP contribution in [0.2, 0.25) is 0 Å². The van der Waals surface area contributed by atoms with Gasteiger partial charge >= 0.3 is 0 Å². The normalized spacial score (nSPS) is 10.7. The van der Waals surface area contributed by atoms with Crippen LogP contribution >= 0.6 is 0 Å². The molecule has 0 aliphatic rings. The zero-order chi connectivity index (χ0) is 18.9. The van der Waals surface area contributed by atoms with Gasteiger partial charge in [0, 0.05) is 5.56 Å². The van der Waals surface area contributed by atoms with Crippen molar-refractivity contribution in [1.29, 1.82) is 0 Å². The lowest BCUT2D eigenvalue weighted by atomic mass is 10.2. The number of methoxy groups -OCH3 is 1. The summed E-state index contributed by atoms with van der Waals surface area (Å²) < 4.78 is 24.0. The van der Waals surface area contributed by atoms with Gasteiger partial charge in [0.05, 0.1) is 19.9 Å². The second kappa shape index (κ2) is 9.38. The average molecular weight is 364 g/mol. The molecule has 0 amide bonds. The summed E-state index contributed by atoms with van der Waals surface area (Å²) in [4.78, 5) is 0. The summed E-state index contributed by atoms with van der Waals surface area (Å²) in [7, 11) is 1.65. The standard InChI is InChI=1S/C22H21FN2O2/c1-26-22-8-3-2-6-19(22)15-25-24-14-18-5-4-7-21(13-18)27-16-17-9-11-20(23)12-10-17/h2-14,25H,15-16H2,1H3/b24-14-. The van der Waals surface area contributed by atoms with Crippen LogP contribution in [0.5, 0.6) is 11.5 Å². The highest BCUT2D eigenvalue weighted by atomic mass is 19.1. The van der Waals surface area contributed by atoms with E-state index in [1.165, 1.54) is 12.1 Å². The fourth-order valence-electron chi connectivity index (χ4n) is 2.53. The number of ether oxygens (including phenoxy) is 2. The van der Waals surface area contributed by atoms with Crippen LogP contribution in [0.3, 0.4) is 0 Å². The van der Waals surface area contributed by atoms with Crippen LogP contribution in [0.1, 0.15) is 16.7 Å². The first-order valence-corrected chi connectivity index (χ1v) is 8.60. The van der Waals surface area contributed by atoms with Crippen molar-refractivity contribution in [3.63, 3.8) is 0 Å². The SMILES string of the molecule is COc1ccccc1CN/N=C\c1cccc(OCc2ccc(F)cc2)c1. The van der Waals surface area contributed by atoms with E-state index in [2.05, 4.69) is 10.5 Å². The van der Waals surface area contributed by atoms with Gasteiger partial charge < -0.3 is 14.9 Å².